The number of likely N-dealkylation sites (N-methyl/N-ethyl adjacent to an activating group) is 1. The molecule has 2 rings (SSSR count). The second-order valence-corrected chi connectivity index (χ2v) is 5.97. The van der Waals surface area contributed by atoms with Gasteiger partial charge in [-0.3, -0.25) is 0 Å². The van der Waals surface area contributed by atoms with Crippen LogP contribution in [-0.4, -0.2) is 59.8 Å². The van der Waals surface area contributed by atoms with Crippen LogP contribution in [0.25, 0.3) is 0 Å². The van der Waals surface area contributed by atoms with Crippen molar-refractivity contribution < 1.29 is 14.6 Å². The highest BCUT2D eigenvalue weighted by atomic mass is 16.6. The summed E-state index contributed by atoms with van der Waals surface area (Å²) in [5, 5.41) is 10.0. The highest BCUT2D eigenvalue weighted by Crippen LogP contribution is 2.13. The van der Waals surface area contributed by atoms with Crippen molar-refractivity contribution in [3.63, 3.8) is 0 Å². The molecule has 1 heterocycles. The van der Waals surface area contributed by atoms with Crippen molar-refractivity contribution in [3.05, 3.63) is 35.9 Å². The van der Waals surface area contributed by atoms with E-state index in [0.29, 0.717) is 6.54 Å². The third-order valence-electron chi connectivity index (χ3n) is 4.19. The molecular weight excluding hydrogens is 280 g/mol. The molecule has 1 aromatic rings. The molecule has 0 spiro atoms. The van der Waals surface area contributed by atoms with Gasteiger partial charge in [-0.25, -0.2) is 4.79 Å². The maximum Gasteiger partial charge on any atom is 0.410 e. The summed E-state index contributed by atoms with van der Waals surface area (Å²) in [5.41, 5.74) is 0.956. The highest BCUT2D eigenvalue weighted by Gasteiger charge is 2.28. The molecule has 22 heavy (non-hydrogen) atoms. The molecular formula is C17H26N2O3. The van der Waals surface area contributed by atoms with Crippen LogP contribution in [0.5, 0.6) is 0 Å². The largest absolute Gasteiger partial charge is 0.445 e. The molecule has 1 aliphatic heterocycles. The lowest BCUT2D eigenvalue weighted by atomic mass is 10.1. The smallest absolute Gasteiger partial charge is 0.410 e. The summed E-state index contributed by atoms with van der Waals surface area (Å²) in [5.74, 6) is 0. The molecule has 0 aliphatic carbocycles. The molecule has 1 fully saturated rings. The molecule has 122 valence electrons. The van der Waals surface area contributed by atoms with Gasteiger partial charge in [0.15, 0.2) is 0 Å². The van der Waals surface area contributed by atoms with Gasteiger partial charge < -0.3 is 19.6 Å². The number of carbonyl (C=O) groups excluding carboxylic acids is 1. The Bertz CT molecular complexity index is 458. The Kier molecular flexibility index (Phi) is 6.21. The lowest BCUT2D eigenvalue weighted by molar-refractivity contribution is 0.0366. The van der Waals surface area contributed by atoms with Gasteiger partial charge in [-0.1, -0.05) is 30.3 Å². The van der Waals surface area contributed by atoms with Crippen molar-refractivity contribution in [1.82, 2.24) is 9.80 Å². The van der Waals surface area contributed by atoms with E-state index < -0.39 is 12.2 Å². The minimum Gasteiger partial charge on any atom is -0.445 e. The number of carbonyl (C=O) groups is 1. The first-order valence-electron chi connectivity index (χ1n) is 7.92. The first kappa shape index (κ1) is 16.8. The molecule has 2 atom stereocenters. The van der Waals surface area contributed by atoms with Crippen LogP contribution >= 0.6 is 0 Å². The van der Waals surface area contributed by atoms with Gasteiger partial charge in [0, 0.05) is 13.6 Å². The number of nitrogens with zero attached hydrogens (tertiary/aromatic N) is 2. The lowest BCUT2D eigenvalue weighted by Crippen LogP contribution is -2.50. The van der Waals surface area contributed by atoms with Crippen LogP contribution in [0.1, 0.15) is 25.3 Å². The van der Waals surface area contributed by atoms with Gasteiger partial charge in [-0.05, 0) is 38.4 Å². The maximum absolute atomic E-state index is 12.2. The zero-order chi connectivity index (χ0) is 15.9. The Morgan fingerprint density at radius 3 is 2.55 bits per heavy atom. The van der Waals surface area contributed by atoms with E-state index >= 15 is 0 Å². The lowest BCUT2D eigenvalue weighted by Gasteiger charge is -2.32. The number of amides is 1. The van der Waals surface area contributed by atoms with E-state index in [0.717, 1.165) is 18.7 Å². The molecule has 1 N–H and O–H groups in total. The molecule has 0 saturated carbocycles. The minimum absolute atomic E-state index is 0.249. The van der Waals surface area contributed by atoms with Crippen molar-refractivity contribution in [3.8, 4) is 0 Å². The van der Waals surface area contributed by atoms with Crippen molar-refractivity contribution in [2.75, 3.05) is 26.7 Å². The number of hydrogen-bond acceptors (Lipinski definition) is 4. The Labute approximate surface area is 132 Å². The Balaban J connectivity index is 1.88. The number of benzene rings is 1. The summed E-state index contributed by atoms with van der Waals surface area (Å²) in [6, 6.07) is 9.35. The van der Waals surface area contributed by atoms with Gasteiger partial charge in [0.2, 0.25) is 0 Å². The Morgan fingerprint density at radius 2 is 1.95 bits per heavy atom. The predicted octanol–water partition coefficient (Wildman–Crippen LogP) is 2.10. The molecule has 5 heteroatoms. The molecule has 0 bridgehead atoms. The van der Waals surface area contributed by atoms with E-state index in [1.54, 1.807) is 14.0 Å². The summed E-state index contributed by atoms with van der Waals surface area (Å²) in [4.78, 5) is 16.0. The molecule has 1 saturated heterocycles. The third-order valence-corrected chi connectivity index (χ3v) is 4.19. The van der Waals surface area contributed by atoms with Crippen LogP contribution in [0, 0.1) is 0 Å². The third kappa shape index (κ3) is 4.71. The zero-order valence-electron chi connectivity index (χ0n) is 13.4. The van der Waals surface area contributed by atoms with E-state index in [4.69, 9.17) is 4.74 Å². The Morgan fingerprint density at radius 1 is 1.32 bits per heavy atom. The first-order chi connectivity index (χ1) is 10.6. The number of hydrogen-bond donors (Lipinski definition) is 1. The topological polar surface area (TPSA) is 53.0 Å². The van der Waals surface area contributed by atoms with Crippen LogP contribution in [0.2, 0.25) is 0 Å². The molecule has 5 nitrogen and oxygen atoms in total. The molecule has 1 amide bonds. The van der Waals surface area contributed by atoms with E-state index in [9.17, 15) is 9.90 Å². The quantitative estimate of drug-likeness (QED) is 0.874. The van der Waals surface area contributed by atoms with Gasteiger partial charge in [0.1, 0.15) is 6.61 Å². The Hall–Kier alpha value is -1.59. The van der Waals surface area contributed by atoms with Crippen LogP contribution in [-0.2, 0) is 11.3 Å². The second kappa shape index (κ2) is 8.15. The van der Waals surface area contributed by atoms with Crippen LogP contribution in [0.4, 0.5) is 4.79 Å². The maximum atomic E-state index is 12.2. The van der Waals surface area contributed by atoms with Gasteiger partial charge in [0.25, 0.3) is 0 Å². The summed E-state index contributed by atoms with van der Waals surface area (Å²) >= 11 is 0. The summed E-state index contributed by atoms with van der Waals surface area (Å²) in [7, 11) is 1.70. The van der Waals surface area contributed by atoms with Gasteiger partial charge in [-0.2, -0.15) is 0 Å². The van der Waals surface area contributed by atoms with Gasteiger partial charge in [-0.15, -0.1) is 0 Å². The first-order valence-corrected chi connectivity index (χ1v) is 7.92. The van der Waals surface area contributed by atoms with Crippen molar-refractivity contribution in [1.29, 1.82) is 0 Å². The van der Waals surface area contributed by atoms with E-state index in [1.807, 2.05) is 30.3 Å². The second-order valence-electron chi connectivity index (χ2n) is 5.97. The van der Waals surface area contributed by atoms with Crippen LogP contribution in [0.15, 0.2) is 30.3 Å². The zero-order valence-corrected chi connectivity index (χ0v) is 13.4. The fourth-order valence-corrected chi connectivity index (χ4v) is 2.78. The van der Waals surface area contributed by atoms with E-state index in [-0.39, 0.29) is 12.6 Å². The van der Waals surface area contributed by atoms with E-state index in [2.05, 4.69) is 4.90 Å². The standard InChI is InChI=1S/C17H26N2O3/c1-14(20)16(12-19-10-6-7-11-19)18(2)17(21)22-13-15-8-4-3-5-9-15/h3-5,8-9,14,16,20H,6-7,10-13H2,1-2H3/t14-,16-/m0/s1. The summed E-state index contributed by atoms with van der Waals surface area (Å²) < 4.78 is 5.34. The molecule has 0 unspecified atom stereocenters. The number of aliphatic hydroxyl groups is 1. The normalized spacial score (nSPS) is 18.0. The highest BCUT2D eigenvalue weighted by molar-refractivity contribution is 5.67. The number of rotatable bonds is 6. The van der Waals surface area contributed by atoms with Gasteiger partial charge >= 0.3 is 6.09 Å². The predicted molar refractivity (Wildman–Crippen MR) is 85.5 cm³/mol. The molecule has 0 aromatic heterocycles. The minimum atomic E-state index is -0.588. The SMILES string of the molecule is C[C@H](O)[C@H](CN1CCCC1)N(C)C(=O)OCc1ccccc1. The average molecular weight is 306 g/mol. The number of aliphatic hydroxyl groups excluding tert-OH is 1. The molecule has 0 radical (unpaired) electrons. The van der Waals surface area contributed by atoms with Crippen LogP contribution < -0.4 is 0 Å². The molecule has 1 aliphatic rings. The number of likely N-dealkylation sites (tertiary alicyclic amines) is 1. The fourth-order valence-electron chi connectivity index (χ4n) is 2.78. The monoisotopic (exact) mass is 306 g/mol. The fraction of sp³-hybridized carbons (Fsp3) is 0.588. The van der Waals surface area contributed by atoms with Crippen molar-refractivity contribution >= 4 is 6.09 Å². The van der Waals surface area contributed by atoms with Crippen LogP contribution in [0.3, 0.4) is 0 Å². The van der Waals surface area contributed by atoms with Gasteiger partial charge in [0.05, 0.1) is 12.1 Å². The summed E-state index contributed by atoms with van der Waals surface area (Å²) in [6.07, 6.45) is 1.40. The average Bonchev–Trinajstić information content (AvgIpc) is 3.03. The van der Waals surface area contributed by atoms with Crippen molar-refractivity contribution in [2.24, 2.45) is 0 Å². The van der Waals surface area contributed by atoms with Crippen molar-refractivity contribution in [2.45, 2.75) is 38.5 Å². The summed E-state index contributed by atoms with van der Waals surface area (Å²) in [6.45, 7) is 4.74. The van der Waals surface area contributed by atoms with E-state index in [1.165, 1.54) is 17.7 Å². The molecule has 1 aromatic carbocycles. The number of ether oxygens (including phenoxy) is 1.